The van der Waals surface area contributed by atoms with Gasteiger partial charge < -0.3 is 9.47 Å². The molecule has 0 spiro atoms. The van der Waals surface area contributed by atoms with Crippen molar-refractivity contribution in [3.63, 3.8) is 0 Å². The molecule has 2 atom stereocenters. The Morgan fingerprint density at radius 3 is 2.39 bits per heavy atom. The third kappa shape index (κ3) is 4.30. The molecular formula is C22H31N3O7S. The highest BCUT2D eigenvalue weighted by Crippen LogP contribution is 2.51. The fraction of sp³-hybridized carbons (Fsp3) is 0.636. The molecule has 11 heteroatoms. The van der Waals surface area contributed by atoms with Crippen molar-refractivity contribution in [2.24, 2.45) is 4.99 Å². The summed E-state index contributed by atoms with van der Waals surface area (Å²) in [6.45, 7) is 13.2. The number of aliphatic imine (C=N–C) groups is 1. The van der Waals surface area contributed by atoms with E-state index in [2.05, 4.69) is 5.32 Å². The Kier molecular flexibility index (Phi) is 5.60. The molecule has 1 amide bonds. The molecule has 0 aliphatic carbocycles. The highest BCUT2D eigenvalue weighted by Gasteiger charge is 2.60. The number of amidine groups is 1. The van der Waals surface area contributed by atoms with Crippen LogP contribution in [-0.4, -0.2) is 46.5 Å². The van der Waals surface area contributed by atoms with Gasteiger partial charge in [0.25, 0.3) is 5.69 Å². The van der Waals surface area contributed by atoms with Crippen molar-refractivity contribution >= 4 is 27.5 Å². The zero-order valence-electron chi connectivity index (χ0n) is 20.2. The summed E-state index contributed by atoms with van der Waals surface area (Å²) in [5.41, 5.74) is -3.08. The van der Waals surface area contributed by atoms with Gasteiger partial charge in [-0.15, -0.1) is 0 Å². The minimum atomic E-state index is -3.98. The largest absolute Gasteiger partial charge is 0.487 e. The van der Waals surface area contributed by atoms with Crippen LogP contribution >= 0.6 is 0 Å². The van der Waals surface area contributed by atoms with Gasteiger partial charge in [0.2, 0.25) is 0 Å². The van der Waals surface area contributed by atoms with Gasteiger partial charge in [0, 0.05) is 24.1 Å². The van der Waals surface area contributed by atoms with Gasteiger partial charge >= 0.3 is 6.09 Å². The van der Waals surface area contributed by atoms with E-state index < -0.39 is 47.6 Å². The summed E-state index contributed by atoms with van der Waals surface area (Å²) in [7, 11) is -3.98. The second-order valence-electron chi connectivity index (χ2n) is 10.8. The zero-order chi connectivity index (χ0) is 25.2. The van der Waals surface area contributed by atoms with E-state index >= 15 is 0 Å². The highest BCUT2D eigenvalue weighted by atomic mass is 32.2. The molecule has 2 aliphatic heterocycles. The first kappa shape index (κ1) is 24.9. The molecule has 2 heterocycles. The number of ether oxygens (including phenoxy) is 2. The number of amides is 1. The molecule has 33 heavy (non-hydrogen) atoms. The molecule has 0 bridgehead atoms. The lowest BCUT2D eigenvalue weighted by Crippen LogP contribution is -2.62. The zero-order valence-corrected chi connectivity index (χ0v) is 21.0. The lowest BCUT2D eigenvalue weighted by molar-refractivity contribution is -0.385. The molecule has 0 fully saturated rings. The Labute approximate surface area is 193 Å². The number of rotatable bonds is 1. The minimum Gasteiger partial charge on any atom is -0.487 e. The van der Waals surface area contributed by atoms with E-state index in [9.17, 15) is 23.3 Å². The van der Waals surface area contributed by atoms with Gasteiger partial charge in [-0.1, -0.05) is 0 Å². The summed E-state index contributed by atoms with van der Waals surface area (Å²) in [6.07, 6.45) is -0.739. The fourth-order valence-corrected chi connectivity index (χ4v) is 6.74. The van der Waals surface area contributed by atoms with Crippen LogP contribution in [0.15, 0.2) is 23.2 Å². The maximum Gasteiger partial charge on any atom is 0.413 e. The lowest BCUT2D eigenvalue weighted by atomic mass is 9.84. The second-order valence-corrected chi connectivity index (χ2v) is 13.5. The van der Waals surface area contributed by atoms with Crippen LogP contribution < -0.4 is 10.1 Å². The summed E-state index contributed by atoms with van der Waals surface area (Å²) < 4.78 is 37.8. The number of hydrogen-bond donors (Lipinski definition) is 1. The smallest absolute Gasteiger partial charge is 0.413 e. The predicted octanol–water partition coefficient (Wildman–Crippen LogP) is 3.87. The van der Waals surface area contributed by atoms with Crippen molar-refractivity contribution in [1.82, 2.24) is 5.32 Å². The number of nitro groups is 1. The number of carbonyl (C=O) groups is 1. The quantitative estimate of drug-likeness (QED) is 0.475. The van der Waals surface area contributed by atoms with E-state index in [-0.39, 0.29) is 23.5 Å². The van der Waals surface area contributed by atoms with E-state index in [0.717, 1.165) is 0 Å². The average molecular weight is 482 g/mol. The average Bonchev–Trinajstić information content (AvgIpc) is 2.71. The van der Waals surface area contributed by atoms with E-state index in [1.807, 2.05) is 0 Å². The normalized spacial score (nSPS) is 27.0. The molecule has 2 aliphatic rings. The van der Waals surface area contributed by atoms with Crippen molar-refractivity contribution in [3.8, 4) is 5.75 Å². The van der Waals surface area contributed by atoms with Crippen molar-refractivity contribution < 1.29 is 27.6 Å². The first-order valence-corrected chi connectivity index (χ1v) is 12.2. The standard InChI is InChI=1S/C22H31N3O7S/c1-19(2,3)32-18(26)23-17-21(6,7)33(29,30)16-12-20(4,5)31-15-10-9-13(25(27)28)11-14(15)22(16,8)24-17/h9-11,16H,12H2,1-8H3,(H,23,24,26)/t16-,22-/m1/s1. The summed E-state index contributed by atoms with van der Waals surface area (Å²) in [5, 5.41) is 12.9. The van der Waals surface area contributed by atoms with Gasteiger partial charge in [0.05, 0.1) is 10.2 Å². The molecule has 0 aromatic heterocycles. The molecule has 0 unspecified atom stereocenters. The number of alkyl carbamates (subject to hydrolysis) is 1. The van der Waals surface area contributed by atoms with Gasteiger partial charge in [-0.05, 0) is 61.5 Å². The first-order chi connectivity index (χ1) is 14.8. The molecule has 1 N–H and O–H groups in total. The van der Waals surface area contributed by atoms with Crippen LogP contribution in [0.3, 0.4) is 0 Å². The van der Waals surface area contributed by atoms with Crippen LogP contribution in [0.25, 0.3) is 0 Å². The lowest BCUT2D eigenvalue weighted by Gasteiger charge is -2.44. The number of nitrogens with one attached hydrogen (secondary N) is 1. The minimum absolute atomic E-state index is 0.0901. The molecule has 0 saturated carbocycles. The molecule has 0 saturated heterocycles. The molecule has 182 valence electrons. The number of nitro benzene ring substituents is 1. The van der Waals surface area contributed by atoms with Crippen LogP contribution in [0.5, 0.6) is 5.75 Å². The predicted molar refractivity (Wildman–Crippen MR) is 123 cm³/mol. The Hall–Kier alpha value is -2.69. The van der Waals surface area contributed by atoms with E-state index in [4.69, 9.17) is 14.5 Å². The highest BCUT2D eigenvalue weighted by molar-refractivity contribution is 7.94. The monoisotopic (exact) mass is 481 g/mol. The molecule has 0 radical (unpaired) electrons. The summed E-state index contributed by atoms with van der Waals surface area (Å²) in [6, 6.07) is 4.07. The molecular weight excluding hydrogens is 450 g/mol. The first-order valence-electron chi connectivity index (χ1n) is 10.6. The van der Waals surface area contributed by atoms with Crippen LogP contribution in [0.1, 0.15) is 67.4 Å². The molecule has 3 rings (SSSR count). The van der Waals surface area contributed by atoms with Crippen LogP contribution in [0, 0.1) is 10.1 Å². The molecule has 10 nitrogen and oxygen atoms in total. The van der Waals surface area contributed by atoms with Gasteiger partial charge in [0.15, 0.2) is 9.84 Å². The Morgan fingerprint density at radius 2 is 1.85 bits per heavy atom. The third-order valence-corrected chi connectivity index (χ3v) is 9.02. The molecule has 1 aromatic rings. The Morgan fingerprint density at radius 1 is 1.24 bits per heavy atom. The third-order valence-electron chi connectivity index (χ3n) is 6.03. The van der Waals surface area contributed by atoms with Crippen LogP contribution in [0.2, 0.25) is 0 Å². The summed E-state index contributed by atoms with van der Waals surface area (Å²) in [4.78, 5) is 28.2. The van der Waals surface area contributed by atoms with Gasteiger partial charge in [-0.2, -0.15) is 0 Å². The van der Waals surface area contributed by atoms with Crippen molar-refractivity contribution in [1.29, 1.82) is 0 Å². The second kappa shape index (κ2) is 7.41. The van der Waals surface area contributed by atoms with Crippen molar-refractivity contribution in [2.45, 2.75) is 88.5 Å². The fourth-order valence-electron chi connectivity index (χ4n) is 4.25. The van der Waals surface area contributed by atoms with Crippen molar-refractivity contribution in [3.05, 3.63) is 33.9 Å². The maximum absolute atomic E-state index is 14.0. The number of hydrogen-bond acceptors (Lipinski definition) is 8. The van der Waals surface area contributed by atoms with Crippen LogP contribution in [0.4, 0.5) is 10.5 Å². The van der Waals surface area contributed by atoms with E-state index in [0.29, 0.717) is 5.75 Å². The summed E-state index contributed by atoms with van der Waals surface area (Å²) >= 11 is 0. The number of fused-ring (bicyclic) bond motifs is 3. The number of carbonyl (C=O) groups excluding carboxylic acids is 1. The van der Waals surface area contributed by atoms with Gasteiger partial charge in [-0.3, -0.25) is 20.4 Å². The number of nitrogens with zero attached hydrogens (tertiary/aromatic N) is 2. The van der Waals surface area contributed by atoms with Gasteiger partial charge in [0.1, 0.15) is 33.1 Å². The maximum atomic E-state index is 14.0. The SMILES string of the molecule is CC(C)(C)OC(=O)NC1=N[C@]2(C)c3cc([N+](=O)[O-])ccc3OC(C)(C)C[C@H]2S(=O)(=O)C1(C)C. The van der Waals surface area contributed by atoms with E-state index in [1.54, 1.807) is 41.5 Å². The summed E-state index contributed by atoms with van der Waals surface area (Å²) in [5.74, 6) is 0.221. The van der Waals surface area contributed by atoms with Gasteiger partial charge in [-0.25, -0.2) is 13.2 Å². The topological polar surface area (TPSA) is 137 Å². The Balaban J connectivity index is 2.29. The number of non-ortho nitro benzene ring substituents is 1. The number of benzene rings is 1. The van der Waals surface area contributed by atoms with Crippen LogP contribution in [-0.2, 0) is 20.1 Å². The Bertz CT molecular complexity index is 1150. The molecule has 1 aromatic carbocycles. The van der Waals surface area contributed by atoms with E-state index in [1.165, 1.54) is 32.0 Å². The number of sulfone groups is 1. The van der Waals surface area contributed by atoms with Crippen molar-refractivity contribution in [2.75, 3.05) is 0 Å².